The summed E-state index contributed by atoms with van der Waals surface area (Å²) in [5.41, 5.74) is 0.880. The Morgan fingerprint density at radius 2 is 2.04 bits per heavy atom. The maximum atomic E-state index is 12.1. The van der Waals surface area contributed by atoms with E-state index in [1.165, 1.54) is 12.8 Å². The first-order chi connectivity index (χ1) is 12.2. The third kappa shape index (κ3) is 2.52. The molecule has 5 rings (SSSR count). The van der Waals surface area contributed by atoms with Crippen molar-refractivity contribution in [1.29, 1.82) is 0 Å². The zero-order valence-corrected chi connectivity index (χ0v) is 14.2. The van der Waals surface area contributed by atoms with Crippen LogP contribution in [0.1, 0.15) is 30.6 Å². The van der Waals surface area contributed by atoms with Gasteiger partial charge in [-0.15, -0.1) is 0 Å². The average Bonchev–Trinajstić information content (AvgIpc) is 3.25. The van der Waals surface area contributed by atoms with E-state index in [2.05, 4.69) is 15.0 Å². The topological polar surface area (TPSA) is 70.4 Å². The fraction of sp³-hybridized carbons (Fsp3) is 0.529. The highest BCUT2D eigenvalue weighted by molar-refractivity contribution is 5.93. The highest BCUT2D eigenvalue weighted by atomic mass is 16.2. The Morgan fingerprint density at radius 3 is 2.76 bits per heavy atom. The van der Waals surface area contributed by atoms with E-state index < -0.39 is 0 Å². The van der Waals surface area contributed by atoms with Gasteiger partial charge in [0.15, 0.2) is 0 Å². The second-order valence-corrected chi connectivity index (χ2v) is 7.14. The van der Waals surface area contributed by atoms with Crippen LogP contribution in [-0.2, 0) is 0 Å². The molecule has 2 aliphatic heterocycles. The number of carbonyl (C=O) groups is 1. The van der Waals surface area contributed by atoms with Crippen molar-refractivity contribution in [3.8, 4) is 0 Å². The smallest absolute Gasteiger partial charge is 0.324 e. The zero-order chi connectivity index (χ0) is 17.0. The van der Waals surface area contributed by atoms with Gasteiger partial charge in [0.25, 0.3) is 0 Å². The minimum absolute atomic E-state index is 0.0448. The standard InChI is InChI=1S/C17H21N7O/c1-21-6-7-23(17(21)25)13-8-19-24(11-13)14-9-22(10-14)15-4-5-18-16(20-15)12-2-3-12/h4-5,8,11-12,14H,2-3,6-7,9-10H2,1H3. The second kappa shape index (κ2) is 5.44. The third-order valence-corrected chi connectivity index (χ3v) is 5.28. The largest absolute Gasteiger partial charge is 0.352 e. The fourth-order valence-electron chi connectivity index (χ4n) is 3.44. The molecule has 2 saturated heterocycles. The Hall–Kier alpha value is -2.64. The molecule has 0 aromatic carbocycles. The highest BCUT2D eigenvalue weighted by Gasteiger charge is 2.33. The van der Waals surface area contributed by atoms with Gasteiger partial charge in [-0.25, -0.2) is 14.8 Å². The van der Waals surface area contributed by atoms with E-state index in [1.807, 2.05) is 30.2 Å². The molecule has 2 amide bonds. The van der Waals surface area contributed by atoms with Crippen molar-refractivity contribution in [1.82, 2.24) is 24.6 Å². The van der Waals surface area contributed by atoms with E-state index in [0.717, 1.165) is 43.5 Å². The number of likely N-dealkylation sites (N-methyl/N-ethyl adjacent to an activating group) is 1. The van der Waals surface area contributed by atoms with E-state index >= 15 is 0 Å². The molecule has 0 unspecified atom stereocenters. The van der Waals surface area contributed by atoms with Crippen molar-refractivity contribution in [2.24, 2.45) is 0 Å². The lowest BCUT2D eigenvalue weighted by Gasteiger charge is -2.40. The summed E-state index contributed by atoms with van der Waals surface area (Å²) < 4.78 is 1.97. The summed E-state index contributed by atoms with van der Waals surface area (Å²) in [5, 5.41) is 4.47. The molecule has 0 spiro atoms. The first kappa shape index (κ1) is 14.7. The van der Waals surface area contributed by atoms with E-state index in [4.69, 9.17) is 4.98 Å². The van der Waals surface area contributed by atoms with Crippen LogP contribution < -0.4 is 9.80 Å². The molecule has 25 heavy (non-hydrogen) atoms. The molecule has 4 heterocycles. The number of anilines is 2. The Bertz CT molecular complexity index is 809. The van der Waals surface area contributed by atoms with Crippen LogP contribution in [-0.4, -0.2) is 63.9 Å². The van der Waals surface area contributed by atoms with Gasteiger partial charge in [-0.2, -0.15) is 5.10 Å². The monoisotopic (exact) mass is 339 g/mol. The van der Waals surface area contributed by atoms with Crippen LogP contribution in [0.3, 0.4) is 0 Å². The summed E-state index contributed by atoms with van der Waals surface area (Å²) in [4.78, 5) is 26.9. The minimum atomic E-state index is 0.0448. The molecule has 3 aliphatic rings. The lowest BCUT2D eigenvalue weighted by Crippen LogP contribution is -2.48. The number of amides is 2. The summed E-state index contributed by atoms with van der Waals surface area (Å²) in [6.07, 6.45) is 8.06. The Labute approximate surface area is 146 Å². The van der Waals surface area contributed by atoms with E-state index in [9.17, 15) is 4.79 Å². The van der Waals surface area contributed by atoms with Gasteiger partial charge in [-0.3, -0.25) is 9.58 Å². The van der Waals surface area contributed by atoms with Gasteiger partial charge in [-0.05, 0) is 18.9 Å². The van der Waals surface area contributed by atoms with Gasteiger partial charge >= 0.3 is 6.03 Å². The average molecular weight is 339 g/mol. The number of aromatic nitrogens is 4. The van der Waals surface area contributed by atoms with Gasteiger partial charge in [-0.1, -0.05) is 0 Å². The molecular formula is C17H21N7O. The molecule has 0 bridgehead atoms. The third-order valence-electron chi connectivity index (χ3n) is 5.28. The Kier molecular flexibility index (Phi) is 3.19. The molecule has 2 aromatic rings. The molecule has 8 nitrogen and oxygen atoms in total. The number of carbonyl (C=O) groups excluding carboxylic acids is 1. The van der Waals surface area contributed by atoms with E-state index in [-0.39, 0.29) is 6.03 Å². The van der Waals surface area contributed by atoms with Crippen molar-refractivity contribution >= 4 is 17.5 Å². The number of hydrogen-bond acceptors (Lipinski definition) is 5. The summed E-state index contributed by atoms with van der Waals surface area (Å²) in [6.45, 7) is 3.26. The molecule has 1 saturated carbocycles. The summed E-state index contributed by atoms with van der Waals surface area (Å²) in [7, 11) is 1.83. The van der Waals surface area contributed by atoms with Crippen LogP contribution in [0.5, 0.6) is 0 Å². The molecule has 3 fully saturated rings. The zero-order valence-electron chi connectivity index (χ0n) is 14.2. The Morgan fingerprint density at radius 1 is 1.20 bits per heavy atom. The van der Waals surface area contributed by atoms with Gasteiger partial charge in [0, 0.05) is 51.5 Å². The van der Waals surface area contributed by atoms with Crippen molar-refractivity contribution in [2.45, 2.75) is 24.8 Å². The van der Waals surface area contributed by atoms with Crippen molar-refractivity contribution in [3.63, 3.8) is 0 Å². The van der Waals surface area contributed by atoms with Crippen molar-refractivity contribution < 1.29 is 4.79 Å². The van der Waals surface area contributed by atoms with Crippen LogP contribution in [0.2, 0.25) is 0 Å². The van der Waals surface area contributed by atoms with Crippen LogP contribution >= 0.6 is 0 Å². The SMILES string of the molecule is CN1CCN(c2cnn(C3CN(c4ccnc(C5CC5)n4)C3)c2)C1=O. The molecule has 0 radical (unpaired) electrons. The van der Waals surface area contributed by atoms with E-state index in [1.54, 1.807) is 16.0 Å². The van der Waals surface area contributed by atoms with Crippen LogP contribution in [0.15, 0.2) is 24.7 Å². The van der Waals surface area contributed by atoms with Gasteiger partial charge in [0.2, 0.25) is 0 Å². The van der Waals surface area contributed by atoms with Crippen LogP contribution in [0.4, 0.5) is 16.3 Å². The molecule has 0 N–H and O–H groups in total. The summed E-state index contributed by atoms with van der Waals surface area (Å²) in [5.74, 6) is 2.57. The highest BCUT2D eigenvalue weighted by Crippen LogP contribution is 2.38. The normalized spacial score (nSPS) is 21.2. The van der Waals surface area contributed by atoms with Crippen LogP contribution in [0.25, 0.3) is 0 Å². The molecule has 8 heteroatoms. The first-order valence-electron chi connectivity index (χ1n) is 8.84. The number of urea groups is 1. The van der Waals surface area contributed by atoms with Crippen LogP contribution in [0, 0.1) is 0 Å². The minimum Gasteiger partial charge on any atom is -0.352 e. The maximum absolute atomic E-state index is 12.1. The second-order valence-electron chi connectivity index (χ2n) is 7.14. The first-order valence-corrected chi connectivity index (χ1v) is 8.84. The number of hydrogen-bond donors (Lipinski definition) is 0. The fourth-order valence-corrected chi connectivity index (χ4v) is 3.44. The quantitative estimate of drug-likeness (QED) is 0.844. The van der Waals surface area contributed by atoms with Crippen molar-refractivity contribution in [3.05, 3.63) is 30.5 Å². The van der Waals surface area contributed by atoms with Gasteiger partial charge in [0.05, 0.1) is 17.9 Å². The van der Waals surface area contributed by atoms with E-state index in [0.29, 0.717) is 12.0 Å². The van der Waals surface area contributed by atoms with Gasteiger partial charge < -0.3 is 9.80 Å². The van der Waals surface area contributed by atoms with Gasteiger partial charge in [0.1, 0.15) is 11.6 Å². The molecule has 1 aliphatic carbocycles. The molecule has 2 aromatic heterocycles. The summed E-state index contributed by atoms with van der Waals surface area (Å²) in [6, 6.07) is 2.35. The predicted octanol–water partition coefficient (Wildman–Crippen LogP) is 1.48. The summed E-state index contributed by atoms with van der Waals surface area (Å²) >= 11 is 0. The maximum Gasteiger partial charge on any atom is 0.324 e. The number of rotatable bonds is 4. The molecular weight excluding hydrogens is 318 g/mol. The van der Waals surface area contributed by atoms with Crippen molar-refractivity contribution in [2.75, 3.05) is 43.0 Å². The molecule has 0 atom stereocenters. The molecule has 130 valence electrons. The lowest BCUT2D eigenvalue weighted by molar-refractivity contribution is 0.229. The Balaban J connectivity index is 1.25. The predicted molar refractivity (Wildman–Crippen MR) is 92.9 cm³/mol. The lowest BCUT2D eigenvalue weighted by atomic mass is 10.1. The number of nitrogens with zero attached hydrogens (tertiary/aromatic N) is 7.